The van der Waals surface area contributed by atoms with Gasteiger partial charge in [-0.1, -0.05) is 26.0 Å². The fourth-order valence-electron chi connectivity index (χ4n) is 1.22. The summed E-state index contributed by atoms with van der Waals surface area (Å²) in [7, 11) is 0. The van der Waals surface area contributed by atoms with Crippen molar-refractivity contribution >= 4 is 6.09 Å². The molecule has 1 aliphatic heterocycles. The van der Waals surface area contributed by atoms with Gasteiger partial charge in [0.2, 0.25) is 0 Å². The summed E-state index contributed by atoms with van der Waals surface area (Å²) in [6.07, 6.45) is 5.48. The van der Waals surface area contributed by atoms with Gasteiger partial charge in [-0.25, -0.2) is 4.79 Å². The number of carbonyl (C=O) groups is 1. The summed E-state index contributed by atoms with van der Waals surface area (Å²) in [6.45, 7) is 6.89. The number of rotatable bonds is 4. The summed E-state index contributed by atoms with van der Waals surface area (Å²) in [5.74, 6) is 0. The highest BCUT2D eigenvalue weighted by Crippen LogP contribution is 2.13. The van der Waals surface area contributed by atoms with E-state index in [1.165, 1.54) is 0 Å². The molecule has 1 heterocycles. The van der Waals surface area contributed by atoms with Crippen molar-refractivity contribution in [1.82, 2.24) is 4.90 Å². The van der Waals surface area contributed by atoms with Gasteiger partial charge in [-0.15, -0.1) is 0 Å². The summed E-state index contributed by atoms with van der Waals surface area (Å²) >= 11 is 0. The highest BCUT2D eigenvalue weighted by Gasteiger charge is 2.23. The molecule has 0 saturated carbocycles. The molecular formula is C10H15NO2. The summed E-state index contributed by atoms with van der Waals surface area (Å²) in [5.41, 5.74) is 0.865. The van der Waals surface area contributed by atoms with Gasteiger partial charge in [0.1, 0.15) is 6.61 Å². The van der Waals surface area contributed by atoms with Crippen LogP contribution in [0.5, 0.6) is 0 Å². The van der Waals surface area contributed by atoms with Gasteiger partial charge in [-0.05, 0) is 12.5 Å². The molecule has 72 valence electrons. The zero-order chi connectivity index (χ0) is 9.68. The maximum Gasteiger partial charge on any atom is 0.414 e. The van der Waals surface area contributed by atoms with Gasteiger partial charge in [-0.3, -0.25) is 4.90 Å². The standard InChI is InChI=1S/C10H15NO2/c1-3-5-6-9(4-2)11-7-8-13-10(11)12/h4,6H,2-3,5,7-8H2,1H3/b9-6+. The van der Waals surface area contributed by atoms with Crippen LogP contribution in [0.1, 0.15) is 19.8 Å². The fourth-order valence-corrected chi connectivity index (χ4v) is 1.22. The number of allylic oxidation sites excluding steroid dienone is 2. The lowest BCUT2D eigenvalue weighted by molar-refractivity contribution is 0.165. The predicted octanol–water partition coefficient (Wildman–Crippen LogP) is 2.31. The van der Waals surface area contributed by atoms with Gasteiger partial charge in [0.05, 0.1) is 6.54 Å². The molecule has 3 heteroatoms. The Bertz CT molecular complexity index is 233. The summed E-state index contributed by atoms with van der Waals surface area (Å²) in [4.78, 5) is 12.8. The minimum atomic E-state index is -0.262. The van der Waals surface area contributed by atoms with E-state index in [-0.39, 0.29) is 6.09 Å². The maximum atomic E-state index is 11.2. The molecule has 1 amide bonds. The molecule has 0 unspecified atom stereocenters. The second-order valence-corrected chi connectivity index (χ2v) is 2.89. The number of nitrogens with zero attached hydrogens (tertiary/aromatic N) is 1. The van der Waals surface area contributed by atoms with Crippen LogP contribution in [0.25, 0.3) is 0 Å². The third kappa shape index (κ3) is 2.34. The smallest absolute Gasteiger partial charge is 0.414 e. The van der Waals surface area contributed by atoms with Crippen molar-refractivity contribution in [3.8, 4) is 0 Å². The second kappa shape index (κ2) is 4.70. The molecule has 1 aliphatic rings. The van der Waals surface area contributed by atoms with Gasteiger partial charge in [0, 0.05) is 5.70 Å². The minimum Gasteiger partial charge on any atom is -0.447 e. The van der Waals surface area contributed by atoms with Crippen molar-refractivity contribution in [1.29, 1.82) is 0 Å². The van der Waals surface area contributed by atoms with Gasteiger partial charge in [0.25, 0.3) is 0 Å². The lowest BCUT2D eigenvalue weighted by Gasteiger charge is -2.13. The monoisotopic (exact) mass is 181 g/mol. The molecule has 0 spiro atoms. The molecule has 13 heavy (non-hydrogen) atoms. The molecule has 0 bridgehead atoms. The first-order valence-electron chi connectivity index (χ1n) is 4.56. The number of amides is 1. The molecule has 0 atom stereocenters. The van der Waals surface area contributed by atoms with Crippen LogP contribution >= 0.6 is 0 Å². The first kappa shape index (κ1) is 9.84. The summed E-state index contributed by atoms with van der Waals surface area (Å²) in [5, 5.41) is 0. The van der Waals surface area contributed by atoms with Gasteiger partial charge in [0.15, 0.2) is 0 Å². The van der Waals surface area contributed by atoms with Crippen molar-refractivity contribution in [3.63, 3.8) is 0 Å². The molecule has 1 saturated heterocycles. The van der Waals surface area contributed by atoms with Crippen LogP contribution in [0.2, 0.25) is 0 Å². The van der Waals surface area contributed by atoms with E-state index in [0.717, 1.165) is 18.5 Å². The first-order valence-corrected chi connectivity index (χ1v) is 4.56. The fraction of sp³-hybridized carbons (Fsp3) is 0.500. The molecule has 3 nitrogen and oxygen atoms in total. The third-order valence-electron chi connectivity index (χ3n) is 1.92. The zero-order valence-corrected chi connectivity index (χ0v) is 7.95. The van der Waals surface area contributed by atoms with E-state index < -0.39 is 0 Å². The normalized spacial score (nSPS) is 17.5. The highest BCUT2D eigenvalue weighted by atomic mass is 16.6. The minimum absolute atomic E-state index is 0.262. The van der Waals surface area contributed by atoms with Gasteiger partial charge in [-0.2, -0.15) is 0 Å². The topological polar surface area (TPSA) is 29.5 Å². The van der Waals surface area contributed by atoms with Crippen molar-refractivity contribution < 1.29 is 9.53 Å². The molecular weight excluding hydrogens is 166 g/mol. The van der Waals surface area contributed by atoms with E-state index in [9.17, 15) is 4.79 Å². The Morgan fingerprint density at radius 2 is 2.54 bits per heavy atom. The van der Waals surface area contributed by atoms with Crippen LogP contribution in [-0.4, -0.2) is 24.1 Å². The lowest BCUT2D eigenvalue weighted by atomic mass is 10.2. The van der Waals surface area contributed by atoms with Gasteiger partial charge >= 0.3 is 6.09 Å². The van der Waals surface area contributed by atoms with Crippen LogP contribution in [0.3, 0.4) is 0 Å². The maximum absolute atomic E-state index is 11.2. The molecule has 0 aromatic heterocycles. The molecule has 0 N–H and O–H groups in total. The number of hydrogen-bond donors (Lipinski definition) is 0. The highest BCUT2D eigenvalue weighted by molar-refractivity contribution is 5.72. The largest absolute Gasteiger partial charge is 0.447 e. The Hall–Kier alpha value is -1.25. The number of ether oxygens (including phenoxy) is 1. The summed E-state index contributed by atoms with van der Waals surface area (Å²) < 4.78 is 4.83. The molecule has 0 aromatic carbocycles. The predicted molar refractivity (Wildman–Crippen MR) is 51.2 cm³/mol. The quantitative estimate of drug-likeness (QED) is 0.623. The Morgan fingerprint density at radius 3 is 3.00 bits per heavy atom. The van der Waals surface area contributed by atoms with Gasteiger partial charge < -0.3 is 4.74 Å². The first-order chi connectivity index (χ1) is 6.29. The zero-order valence-electron chi connectivity index (χ0n) is 7.95. The number of carbonyl (C=O) groups excluding carboxylic acids is 1. The molecule has 0 aromatic rings. The van der Waals surface area contributed by atoms with Crippen molar-refractivity contribution in [2.45, 2.75) is 19.8 Å². The van der Waals surface area contributed by atoms with Crippen LogP contribution in [-0.2, 0) is 4.74 Å². The third-order valence-corrected chi connectivity index (χ3v) is 1.92. The molecule has 0 aliphatic carbocycles. The number of hydrogen-bond acceptors (Lipinski definition) is 2. The number of unbranched alkanes of at least 4 members (excludes halogenated alkanes) is 1. The van der Waals surface area contributed by atoms with Crippen LogP contribution in [0, 0.1) is 0 Å². The van der Waals surface area contributed by atoms with E-state index in [4.69, 9.17) is 4.74 Å². The van der Waals surface area contributed by atoms with E-state index in [1.54, 1.807) is 11.0 Å². The lowest BCUT2D eigenvalue weighted by Crippen LogP contribution is -2.22. The van der Waals surface area contributed by atoms with Crippen LogP contribution in [0.15, 0.2) is 24.4 Å². The SMILES string of the molecule is C=C/C(=C\CCC)N1CCOC1=O. The van der Waals surface area contributed by atoms with E-state index in [2.05, 4.69) is 13.5 Å². The Morgan fingerprint density at radius 1 is 1.77 bits per heavy atom. The average molecular weight is 181 g/mol. The molecule has 0 radical (unpaired) electrons. The van der Waals surface area contributed by atoms with Crippen LogP contribution in [0.4, 0.5) is 4.79 Å². The van der Waals surface area contributed by atoms with E-state index in [1.807, 2.05) is 6.08 Å². The Labute approximate surface area is 78.7 Å². The Kier molecular flexibility index (Phi) is 3.55. The van der Waals surface area contributed by atoms with E-state index in [0.29, 0.717) is 13.2 Å². The van der Waals surface area contributed by atoms with Crippen molar-refractivity contribution in [3.05, 3.63) is 24.4 Å². The summed E-state index contributed by atoms with van der Waals surface area (Å²) in [6, 6.07) is 0. The Balaban J connectivity index is 2.65. The van der Waals surface area contributed by atoms with Crippen molar-refractivity contribution in [2.24, 2.45) is 0 Å². The molecule has 1 fully saturated rings. The number of cyclic esters (lactones) is 1. The average Bonchev–Trinajstić information content (AvgIpc) is 2.54. The second-order valence-electron chi connectivity index (χ2n) is 2.89. The molecule has 1 rings (SSSR count). The van der Waals surface area contributed by atoms with Crippen molar-refractivity contribution in [2.75, 3.05) is 13.2 Å². The van der Waals surface area contributed by atoms with E-state index >= 15 is 0 Å². The van der Waals surface area contributed by atoms with Crippen LogP contribution < -0.4 is 0 Å².